The van der Waals surface area contributed by atoms with Crippen LogP contribution in [0.3, 0.4) is 0 Å². The number of nitrogens with one attached hydrogen (secondary N) is 1. The van der Waals surface area contributed by atoms with Crippen LogP contribution in [0.4, 0.5) is 4.39 Å². The quantitative estimate of drug-likeness (QED) is 0.478. The van der Waals surface area contributed by atoms with Crippen LogP contribution >= 0.6 is 0 Å². The number of rotatable bonds is 6. The number of fused-ring (bicyclic) bond motifs is 1. The zero-order valence-electron chi connectivity index (χ0n) is 21.5. The normalized spacial score (nSPS) is 18.0. The second-order valence-electron chi connectivity index (χ2n) is 10.0. The molecule has 0 bridgehead atoms. The number of nitrogens with zero attached hydrogens (tertiary/aromatic N) is 2. The van der Waals surface area contributed by atoms with E-state index in [0.29, 0.717) is 25.9 Å². The molecule has 2 N–H and O–H groups in total. The molecule has 1 atom stereocenters. The fraction of sp³-hybridized carbons (Fsp3) is 0.333. The van der Waals surface area contributed by atoms with E-state index < -0.39 is 0 Å². The molecular weight excluding hydrogens is 485 g/mol. The maximum Gasteiger partial charge on any atom is 0.257 e. The van der Waals surface area contributed by atoms with Crippen molar-refractivity contribution in [2.45, 2.75) is 31.8 Å². The van der Waals surface area contributed by atoms with E-state index in [4.69, 9.17) is 4.74 Å². The van der Waals surface area contributed by atoms with E-state index in [-0.39, 0.29) is 40.7 Å². The van der Waals surface area contributed by atoms with Gasteiger partial charge in [0, 0.05) is 44.8 Å². The molecule has 3 aromatic carbocycles. The second kappa shape index (κ2) is 11.2. The van der Waals surface area contributed by atoms with Crippen LogP contribution < -0.4 is 10.1 Å². The van der Waals surface area contributed by atoms with Gasteiger partial charge in [0.05, 0.1) is 12.7 Å². The van der Waals surface area contributed by atoms with Crippen LogP contribution in [0.2, 0.25) is 0 Å². The van der Waals surface area contributed by atoms with Crippen LogP contribution in [-0.2, 0) is 11.3 Å². The summed E-state index contributed by atoms with van der Waals surface area (Å²) in [5, 5.41) is 15.3. The molecule has 5 rings (SSSR count). The van der Waals surface area contributed by atoms with Gasteiger partial charge in [-0.15, -0.1) is 0 Å². The van der Waals surface area contributed by atoms with E-state index in [2.05, 4.69) is 16.3 Å². The molecule has 8 heteroatoms. The van der Waals surface area contributed by atoms with Gasteiger partial charge in [-0.1, -0.05) is 29.8 Å². The first kappa shape index (κ1) is 25.7. The van der Waals surface area contributed by atoms with E-state index >= 15 is 0 Å². The number of hydrogen-bond acceptors (Lipinski definition) is 5. The SMILES string of the molecule is COc1cccc(C(=O)N2CCC(=CC(=O)N[C@@H]3CCN(Cc4ccc5cc(F)ccc5c4)C3)CC2)c1O. The number of aromatic hydroxyl groups is 1. The highest BCUT2D eigenvalue weighted by atomic mass is 19.1. The number of hydrogen-bond donors (Lipinski definition) is 2. The fourth-order valence-corrected chi connectivity index (χ4v) is 5.32. The van der Waals surface area contributed by atoms with Crippen molar-refractivity contribution in [3.05, 3.63) is 83.2 Å². The van der Waals surface area contributed by atoms with Gasteiger partial charge < -0.3 is 20.1 Å². The molecule has 0 aliphatic carbocycles. The minimum Gasteiger partial charge on any atom is -0.504 e. The predicted octanol–water partition coefficient (Wildman–Crippen LogP) is 4.25. The van der Waals surface area contributed by atoms with Crippen LogP contribution in [-0.4, -0.2) is 66.1 Å². The molecule has 2 aliphatic rings. The van der Waals surface area contributed by atoms with Gasteiger partial charge in [0.15, 0.2) is 11.5 Å². The van der Waals surface area contributed by atoms with Crippen LogP contribution in [0, 0.1) is 5.82 Å². The summed E-state index contributed by atoms with van der Waals surface area (Å²) in [4.78, 5) is 29.6. The number of methoxy groups -OCH3 is 1. The van der Waals surface area contributed by atoms with Crippen molar-refractivity contribution in [2.24, 2.45) is 0 Å². The average Bonchev–Trinajstić information content (AvgIpc) is 3.35. The Morgan fingerprint density at radius 1 is 1.08 bits per heavy atom. The third-order valence-corrected chi connectivity index (χ3v) is 7.37. The van der Waals surface area contributed by atoms with Crippen molar-refractivity contribution in [3.8, 4) is 11.5 Å². The van der Waals surface area contributed by atoms with Crippen LogP contribution in [0.15, 0.2) is 66.2 Å². The number of piperidine rings is 1. The highest BCUT2D eigenvalue weighted by Crippen LogP contribution is 2.31. The molecule has 0 aromatic heterocycles. The van der Waals surface area contributed by atoms with Gasteiger partial charge in [0.25, 0.3) is 5.91 Å². The maximum absolute atomic E-state index is 13.4. The lowest BCUT2D eigenvalue weighted by Crippen LogP contribution is -2.38. The maximum atomic E-state index is 13.4. The van der Waals surface area contributed by atoms with Crippen molar-refractivity contribution in [2.75, 3.05) is 33.3 Å². The topological polar surface area (TPSA) is 82.1 Å². The van der Waals surface area contributed by atoms with Gasteiger partial charge in [-0.2, -0.15) is 0 Å². The minimum atomic E-state index is -0.241. The first-order valence-corrected chi connectivity index (χ1v) is 13.0. The Morgan fingerprint density at radius 2 is 1.84 bits per heavy atom. The number of amides is 2. The zero-order valence-corrected chi connectivity index (χ0v) is 21.5. The molecule has 3 aromatic rings. The number of phenols is 1. The molecule has 7 nitrogen and oxygen atoms in total. The van der Waals surface area contributed by atoms with E-state index in [9.17, 15) is 19.1 Å². The van der Waals surface area contributed by atoms with E-state index in [1.54, 1.807) is 41.3 Å². The number of ether oxygens (including phenoxy) is 1. The summed E-state index contributed by atoms with van der Waals surface area (Å²) in [6, 6.07) is 15.9. The van der Waals surface area contributed by atoms with Gasteiger partial charge in [0.2, 0.25) is 5.91 Å². The van der Waals surface area contributed by atoms with Crippen molar-refractivity contribution < 1.29 is 23.8 Å². The van der Waals surface area contributed by atoms with Gasteiger partial charge in [-0.3, -0.25) is 14.5 Å². The summed E-state index contributed by atoms with van der Waals surface area (Å²) in [6.45, 7) is 3.45. The summed E-state index contributed by atoms with van der Waals surface area (Å²) in [6.07, 6.45) is 3.80. The lowest BCUT2D eigenvalue weighted by Gasteiger charge is -2.29. The average molecular weight is 518 g/mol. The lowest BCUT2D eigenvalue weighted by molar-refractivity contribution is -0.117. The smallest absolute Gasteiger partial charge is 0.257 e. The molecule has 198 valence electrons. The first-order valence-electron chi connectivity index (χ1n) is 13.0. The Kier molecular flexibility index (Phi) is 7.60. The molecule has 0 radical (unpaired) electrons. The number of benzene rings is 3. The third kappa shape index (κ3) is 5.81. The Labute approximate surface area is 221 Å². The molecule has 38 heavy (non-hydrogen) atoms. The molecule has 2 saturated heterocycles. The Morgan fingerprint density at radius 3 is 2.63 bits per heavy atom. The van der Waals surface area contributed by atoms with Crippen molar-refractivity contribution in [1.29, 1.82) is 0 Å². The highest BCUT2D eigenvalue weighted by Gasteiger charge is 2.26. The van der Waals surface area contributed by atoms with Crippen LogP contribution in [0.1, 0.15) is 35.2 Å². The molecule has 2 fully saturated rings. The Bertz CT molecular complexity index is 1380. The molecule has 2 aliphatic heterocycles. The molecule has 2 heterocycles. The number of likely N-dealkylation sites (tertiary alicyclic amines) is 2. The fourth-order valence-electron chi connectivity index (χ4n) is 5.32. The summed E-state index contributed by atoms with van der Waals surface area (Å²) in [5.74, 6) is -0.447. The Balaban J connectivity index is 1.10. The lowest BCUT2D eigenvalue weighted by atomic mass is 10.0. The van der Waals surface area contributed by atoms with Crippen LogP contribution in [0.5, 0.6) is 11.5 Å². The standard InChI is InChI=1S/C30H32FN3O4/c1-38-27-4-2-3-26(29(27)36)30(37)34-13-9-20(10-14-34)16-28(35)32-25-11-12-33(19-25)18-21-5-6-23-17-24(31)8-7-22(23)15-21/h2-8,15-17,25,36H,9-14,18-19H2,1H3,(H,32,35)/t25-/m1/s1. The van der Waals surface area contributed by atoms with Crippen molar-refractivity contribution in [1.82, 2.24) is 15.1 Å². The van der Waals surface area contributed by atoms with Crippen molar-refractivity contribution >= 4 is 22.6 Å². The highest BCUT2D eigenvalue weighted by molar-refractivity contribution is 5.98. The number of para-hydroxylation sites is 1. The second-order valence-corrected chi connectivity index (χ2v) is 10.0. The summed E-state index contributed by atoms with van der Waals surface area (Å²) >= 11 is 0. The first-order chi connectivity index (χ1) is 18.4. The molecule has 2 amide bonds. The summed E-state index contributed by atoms with van der Waals surface area (Å²) in [7, 11) is 1.45. The molecule has 0 spiro atoms. The number of carbonyl (C=O) groups is 2. The third-order valence-electron chi connectivity index (χ3n) is 7.37. The Hall–Kier alpha value is -3.91. The predicted molar refractivity (Wildman–Crippen MR) is 144 cm³/mol. The summed E-state index contributed by atoms with van der Waals surface area (Å²) in [5.41, 5.74) is 2.41. The number of carbonyl (C=O) groups excluding carboxylic acids is 2. The monoisotopic (exact) mass is 517 g/mol. The van der Waals surface area contributed by atoms with E-state index in [1.165, 1.54) is 18.7 Å². The van der Waals surface area contributed by atoms with E-state index in [1.807, 2.05) is 12.1 Å². The zero-order chi connectivity index (χ0) is 26.6. The van der Waals surface area contributed by atoms with Crippen molar-refractivity contribution in [3.63, 3.8) is 0 Å². The van der Waals surface area contributed by atoms with Gasteiger partial charge in [0.1, 0.15) is 5.82 Å². The number of halogens is 1. The van der Waals surface area contributed by atoms with Gasteiger partial charge >= 0.3 is 0 Å². The summed E-state index contributed by atoms with van der Waals surface area (Å²) < 4.78 is 18.5. The van der Waals surface area contributed by atoms with Gasteiger partial charge in [-0.05, 0) is 65.9 Å². The van der Waals surface area contributed by atoms with E-state index in [0.717, 1.165) is 42.4 Å². The number of phenolic OH excluding ortho intramolecular Hbond substituents is 1. The molecule has 0 saturated carbocycles. The minimum absolute atomic E-state index is 0.0894. The largest absolute Gasteiger partial charge is 0.504 e. The van der Waals surface area contributed by atoms with Crippen LogP contribution in [0.25, 0.3) is 10.8 Å². The molecular formula is C30H32FN3O4. The van der Waals surface area contributed by atoms with Gasteiger partial charge in [-0.25, -0.2) is 4.39 Å². The molecule has 0 unspecified atom stereocenters.